The topological polar surface area (TPSA) is 89.9 Å². The third kappa shape index (κ3) is 2.98. The Morgan fingerprint density at radius 1 is 1.26 bits per heavy atom. The quantitative estimate of drug-likeness (QED) is 0.754. The van der Waals surface area contributed by atoms with Crippen LogP contribution >= 0.6 is 0 Å². The van der Waals surface area contributed by atoms with Gasteiger partial charge in [0, 0.05) is 30.7 Å². The smallest absolute Gasteiger partial charge is 0.276 e. The molecule has 0 aliphatic carbocycles. The number of hydrogen-bond acceptors (Lipinski definition) is 5. The molecule has 0 bridgehead atoms. The maximum atomic E-state index is 13.1. The second-order valence-corrected chi connectivity index (χ2v) is 7.89. The van der Waals surface area contributed by atoms with Crippen LogP contribution in [-0.2, 0) is 0 Å². The molecule has 7 nitrogen and oxygen atoms in total. The van der Waals surface area contributed by atoms with Gasteiger partial charge in [-0.1, -0.05) is 25.1 Å². The zero-order valence-corrected chi connectivity index (χ0v) is 15.9. The van der Waals surface area contributed by atoms with Crippen molar-refractivity contribution in [2.24, 2.45) is 11.1 Å². The number of nitrogens with two attached hydrogens (primary N) is 1. The summed E-state index contributed by atoms with van der Waals surface area (Å²) >= 11 is 0. The summed E-state index contributed by atoms with van der Waals surface area (Å²) in [6.07, 6.45) is 2.55. The number of carbonyl (C=O) groups excluding carboxylic acids is 1. The van der Waals surface area contributed by atoms with Crippen molar-refractivity contribution in [2.45, 2.75) is 33.2 Å². The first kappa shape index (κ1) is 17.6. The van der Waals surface area contributed by atoms with Crippen LogP contribution in [0.3, 0.4) is 0 Å². The van der Waals surface area contributed by atoms with Gasteiger partial charge in [0.05, 0.1) is 16.9 Å². The van der Waals surface area contributed by atoms with Crippen LogP contribution in [-0.4, -0.2) is 49.9 Å². The zero-order chi connectivity index (χ0) is 19.2. The lowest BCUT2D eigenvalue weighted by molar-refractivity contribution is 0.0526. The zero-order valence-electron chi connectivity index (χ0n) is 15.9. The van der Waals surface area contributed by atoms with E-state index in [9.17, 15) is 4.79 Å². The molecular weight excluding hydrogens is 340 g/mol. The monoisotopic (exact) mass is 364 g/mol. The van der Waals surface area contributed by atoms with Gasteiger partial charge in [0.2, 0.25) is 0 Å². The Labute approximate surface area is 158 Å². The summed E-state index contributed by atoms with van der Waals surface area (Å²) in [6.45, 7) is 7.35. The number of nitrogens with zero attached hydrogens (tertiary/aromatic N) is 5. The van der Waals surface area contributed by atoms with Gasteiger partial charge in [-0.15, -0.1) is 5.10 Å². The summed E-state index contributed by atoms with van der Waals surface area (Å²) in [7, 11) is 0. The van der Waals surface area contributed by atoms with Gasteiger partial charge in [0.1, 0.15) is 0 Å². The Kier molecular flexibility index (Phi) is 4.19. The van der Waals surface area contributed by atoms with Crippen molar-refractivity contribution in [1.29, 1.82) is 0 Å². The molecule has 3 heterocycles. The number of likely N-dealkylation sites (tertiary alicyclic amines) is 1. The average molecular weight is 364 g/mol. The molecule has 0 spiro atoms. The van der Waals surface area contributed by atoms with E-state index < -0.39 is 0 Å². The predicted molar refractivity (Wildman–Crippen MR) is 104 cm³/mol. The number of carbonyl (C=O) groups is 1. The van der Waals surface area contributed by atoms with E-state index in [0.717, 1.165) is 28.7 Å². The third-order valence-corrected chi connectivity index (χ3v) is 5.55. The Balaban J connectivity index is 1.69. The fraction of sp³-hybridized carbons (Fsp3) is 0.400. The van der Waals surface area contributed by atoms with E-state index >= 15 is 0 Å². The summed E-state index contributed by atoms with van der Waals surface area (Å²) < 4.78 is 1.72. The van der Waals surface area contributed by atoms with Crippen LogP contribution in [0.25, 0.3) is 16.6 Å². The van der Waals surface area contributed by atoms with Gasteiger partial charge in [0.25, 0.3) is 5.91 Å². The van der Waals surface area contributed by atoms with Crippen LogP contribution in [0.5, 0.6) is 0 Å². The molecule has 1 fully saturated rings. The number of fused-ring (bicyclic) bond motifs is 1. The highest BCUT2D eigenvalue weighted by Crippen LogP contribution is 2.29. The molecule has 1 amide bonds. The second-order valence-electron chi connectivity index (χ2n) is 7.89. The third-order valence-electron chi connectivity index (χ3n) is 5.55. The van der Waals surface area contributed by atoms with Gasteiger partial charge in [-0.3, -0.25) is 9.78 Å². The van der Waals surface area contributed by atoms with Crippen molar-refractivity contribution >= 4 is 16.8 Å². The number of aromatic nitrogens is 4. The van der Waals surface area contributed by atoms with Crippen LogP contribution in [0.2, 0.25) is 0 Å². The minimum atomic E-state index is -0.112. The van der Waals surface area contributed by atoms with Crippen molar-refractivity contribution in [3.63, 3.8) is 0 Å². The van der Waals surface area contributed by atoms with Gasteiger partial charge in [-0.25, -0.2) is 4.68 Å². The number of pyridine rings is 1. The van der Waals surface area contributed by atoms with Gasteiger partial charge >= 0.3 is 0 Å². The fourth-order valence-electron chi connectivity index (χ4n) is 3.72. The second kappa shape index (κ2) is 6.42. The van der Waals surface area contributed by atoms with E-state index in [1.807, 2.05) is 42.2 Å². The van der Waals surface area contributed by atoms with Crippen LogP contribution in [0.15, 0.2) is 36.5 Å². The predicted octanol–water partition coefficient (Wildman–Crippen LogP) is 2.32. The van der Waals surface area contributed by atoms with E-state index in [0.29, 0.717) is 18.8 Å². The average Bonchev–Trinajstić information content (AvgIpc) is 3.04. The molecule has 7 heteroatoms. The number of hydrogen-bond donors (Lipinski definition) is 1. The lowest BCUT2D eigenvalue weighted by Gasteiger charge is -2.42. The first-order valence-corrected chi connectivity index (χ1v) is 9.20. The van der Waals surface area contributed by atoms with E-state index in [1.54, 1.807) is 10.9 Å². The normalized spacial score (nSPS) is 19.4. The van der Waals surface area contributed by atoms with Crippen molar-refractivity contribution in [1.82, 2.24) is 24.9 Å². The molecule has 27 heavy (non-hydrogen) atoms. The summed E-state index contributed by atoms with van der Waals surface area (Å²) in [6, 6.07) is 9.83. The van der Waals surface area contributed by atoms with Crippen LogP contribution in [0.1, 0.15) is 36.5 Å². The minimum absolute atomic E-state index is 0.0860. The first-order chi connectivity index (χ1) is 12.9. The molecule has 140 valence electrons. The molecular formula is C20H24N6O. The minimum Gasteiger partial charge on any atom is -0.337 e. The summed E-state index contributed by atoms with van der Waals surface area (Å²) in [5.41, 5.74) is 8.95. The highest BCUT2D eigenvalue weighted by atomic mass is 16.2. The Hall–Kier alpha value is -2.80. The van der Waals surface area contributed by atoms with Crippen LogP contribution < -0.4 is 5.73 Å². The van der Waals surface area contributed by atoms with Gasteiger partial charge < -0.3 is 10.6 Å². The number of rotatable bonds is 2. The number of benzene rings is 1. The Morgan fingerprint density at radius 2 is 2.07 bits per heavy atom. The largest absolute Gasteiger partial charge is 0.337 e. The molecule has 3 aromatic rings. The fourth-order valence-corrected chi connectivity index (χ4v) is 3.72. The molecule has 1 unspecified atom stereocenters. The summed E-state index contributed by atoms with van der Waals surface area (Å²) in [5.74, 6) is -0.0860. The Morgan fingerprint density at radius 3 is 2.85 bits per heavy atom. The number of amides is 1. The van der Waals surface area contributed by atoms with Gasteiger partial charge in [0.15, 0.2) is 5.69 Å². The highest BCUT2D eigenvalue weighted by Gasteiger charge is 2.36. The molecule has 0 radical (unpaired) electrons. The maximum Gasteiger partial charge on any atom is 0.276 e. The molecule has 1 atom stereocenters. The van der Waals surface area contributed by atoms with Gasteiger partial charge in [-0.2, -0.15) is 0 Å². The highest BCUT2D eigenvalue weighted by molar-refractivity contribution is 5.94. The number of piperidine rings is 1. The van der Waals surface area contributed by atoms with Gasteiger partial charge in [-0.05, 0) is 43.0 Å². The first-order valence-electron chi connectivity index (χ1n) is 9.20. The van der Waals surface area contributed by atoms with E-state index in [1.165, 1.54) is 0 Å². The van der Waals surface area contributed by atoms with Crippen molar-refractivity contribution in [2.75, 3.05) is 13.1 Å². The van der Waals surface area contributed by atoms with Crippen molar-refractivity contribution < 1.29 is 4.79 Å². The lowest BCUT2D eigenvalue weighted by atomic mass is 9.79. The maximum absolute atomic E-state index is 13.1. The molecule has 1 aliphatic rings. The van der Waals surface area contributed by atoms with Crippen LogP contribution in [0.4, 0.5) is 0 Å². The van der Waals surface area contributed by atoms with E-state index in [4.69, 9.17) is 5.73 Å². The summed E-state index contributed by atoms with van der Waals surface area (Å²) in [4.78, 5) is 19.3. The van der Waals surface area contributed by atoms with Crippen molar-refractivity contribution in [3.8, 4) is 5.69 Å². The lowest BCUT2D eigenvalue weighted by Crippen LogP contribution is -2.54. The Bertz CT molecular complexity index is 1000. The molecule has 1 aliphatic heterocycles. The summed E-state index contributed by atoms with van der Waals surface area (Å²) in [5, 5.41) is 9.45. The SMILES string of the molecule is Cc1c(C(=O)N2CCC(N)C(C)(C)C2)nnn1-c1cccc2ncccc12. The standard InChI is InChI=1S/C20H24N6O/c1-13-18(19(27)25-11-9-17(21)20(2,3)12-25)23-24-26(13)16-8-4-7-15-14(16)6-5-10-22-15/h4-8,10,17H,9,11-12,21H2,1-3H3. The molecule has 1 aromatic carbocycles. The van der Waals surface area contributed by atoms with E-state index in [-0.39, 0.29) is 17.4 Å². The molecule has 0 saturated carbocycles. The van der Waals surface area contributed by atoms with E-state index in [2.05, 4.69) is 29.1 Å². The molecule has 2 aromatic heterocycles. The molecule has 1 saturated heterocycles. The molecule has 4 rings (SSSR count). The van der Waals surface area contributed by atoms with Crippen LogP contribution in [0, 0.1) is 12.3 Å². The molecule has 2 N–H and O–H groups in total. The van der Waals surface area contributed by atoms with Crippen molar-refractivity contribution in [3.05, 3.63) is 47.9 Å².